The van der Waals surface area contributed by atoms with Crippen LogP contribution in [0.1, 0.15) is 11.1 Å². The Morgan fingerprint density at radius 2 is 0.714 bits per heavy atom. The normalized spacial score (nSPS) is 12.6. The molecule has 6 rings (SSSR count). The molecule has 0 aliphatic carbocycles. The van der Waals surface area contributed by atoms with Crippen LogP contribution in [-0.4, -0.2) is 28.9 Å². The first kappa shape index (κ1) is 34.7. The number of ether oxygens (including phenoxy) is 2. The topological polar surface area (TPSA) is 54.0 Å². The molecule has 0 N–H and O–H groups in total. The van der Waals surface area contributed by atoms with Crippen LogP contribution in [-0.2, 0) is 21.6 Å². The maximum absolute atomic E-state index is 17.6. The molecule has 0 fully saturated rings. The van der Waals surface area contributed by atoms with E-state index < -0.39 is 35.3 Å². The summed E-state index contributed by atoms with van der Waals surface area (Å²) in [6, 6.07) is 53.2. The van der Waals surface area contributed by atoms with Crippen molar-refractivity contribution in [3.05, 3.63) is 181 Å². The van der Waals surface area contributed by atoms with Gasteiger partial charge in [0.15, 0.2) is 0 Å². The quantitative estimate of drug-likeness (QED) is 0.104. The van der Waals surface area contributed by atoms with Crippen molar-refractivity contribution in [1.29, 1.82) is 0 Å². The van der Waals surface area contributed by atoms with E-state index in [1.54, 1.807) is 14.2 Å². The molecular formula is C40H38AsFO5S2. The van der Waals surface area contributed by atoms with Crippen LogP contribution in [0.15, 0.2) is 189 Å². The summed E-state index contributed by atoms with van der Waals surface area (Å²) in [5.41, 5.74) is 1.75. The fraction of sp³-hybridized carbons (Fsp3) is 0.100. The molecule has 0 amide bonds. The number of rotatable bonds is 14. The van der Waals surface area contributed by atoms with Gasteiger partial charge in [0.25, 0.3) is 0 Å². The summed E-state index contributed by atoms with van der Waals surface area (Å²) in [4.78, 5) is 2.93. The first-order chi connectivity index (χ1) is 23.9. The Hall–Kier alpha value is -4.17. The monoisotopic (exact) mass is 756 g/mol. The zero-order chi connectivity index (χ0) is 34.2. The molecule has 5 nitrogen and oxygen atoms in total. The summed E-state index contributed by atoms with van der Waals surface area (Å²) < 4.78 is 56.5. The van der Waals surface area contributed by atoms with Gasteiger partial charge in [0.05, 0.1) is 0 Å². The van der Waals surface area contributed by atoms with Crippen molar-refractivity contribution >= 4 is 35.3 Å². The van der Waals surface area contributed by atoms with Gasteiger partial charge in [0.2, 0.25) is 0 Å². The van der Waals surface area contributed by atoms with E-state index in [0.717, 1.165) is 30.7 Å². The van der Waals surface area contributed by atoms with E-state index in [1.807, 2.05) is 170 Å². The average molecular weight is 757 g/mol. The minimum atomic E-state index is -6.24. The zero-order valence-electron chi connectivity index (χ0n) is 27.3. The summed E-state index contributed by atoms with van der Waals surface area (Å²) in [5.74, 6) is 1.93. The molecule has 0 saturated carbocycles. The summed E-state index contributed by atoms with van der Waals surface area (Å²) >= 11 is -6.24. The molecule has 0 aliphatic rings. The number of benzene rings is 6. The van der Waals surface area contributed by atoms with E-state index in [1.165, 1.54) is 0 Å². The summed E-state index contributed by atoms with van der Waals surface area (Å²) in [6.07, 6.45) is 0. The van der Waals surface area contributed by atoms with Crippen molar-refractivity contribution < 1.29 is 23.0 Å². The van der Waals surface area contributed by atoms with Gasteiger partial charge in [-0.15, -0.1) is 0 Å². The van der Waals surface area contributed by atoms with E-state index in [4.69, 9.17) is 15.8 Å². The molecule has 0 heterocycles. The Morgan fingerprint density at radius 3 is 0.959 bits per heavy atom. The molecule has 0 aliphatic heterocycles. The predicted octanol–water partition coefficient (Wildman–Crippen LogP) is 10.9. The molecule has 0 aromatic heterocycles. The fourth-order valence-corrected chi connectivity index (χ4v) is 18.8. The molecular weight excluding hydrogens is 718 g/mol. The van der Waals surface area contributed by atoms with Gasteiger partial charge in [0.1, 0.15) is 0 Å². The fourth-order valence-electron chi connectivity index (χ4n) is 5.62. The number of hydrogen-bond acceptors (Lipinski definition) is 5. The van der Waals surface area contributed by atoms with Crippen molar-refractivity contribution in [2.75, 3.05) is 14.2 Å². The van der Waals surface area contributed by atoms with Gasteiger partial charge in [0, 0.05) is 0 Å². The van der Waals surface area contributed by atoms with Crippen molar-refractivity contribution in [2.24, 2.45) is 0 Å². The molecule has 6 aromatic rings. The van der Waals surface area contributed by atoms with Gasteiger partial charge >= 0.3 is 296 Å². The summed E-state index contributed by atoms with van der Waals surface area (Å²) in [6.45, 7) is 0. The molecule has 49 heavy (non-hydrogen) atoms. The van der Waals surface area contributed by atoms with Crippen LogP contribution < -0.4 is 9.47 Å². The molecule has 0 radical (unpaired) electrons. The molecule has 0 bridgehead atoms. The van der Waals surface area contributed by atoms with Crippen LogP contribution in [0, 0.1) is 0 Å². The Bertz CT molecular complexity index is 1740. The van der Waals surface area contributed by atoms with Gasteiger partial charge in [-0.1, -0.05) is 0 Å². The minimum absolute atomic E-state index is 0.265. The third-order valence-electron chi connectivity index (χ3n) is 7.99. The van der Waals surface area contributed by atoms with Crippen molar-refractivity contribution in [3.8, 4) is 11.5 Å². The van der Waals surface area contributed by atoms with Gasteiger partial charge in [-0.25, -0.2) is 0 Å². The first-order valence-electron chi connectivity index (χ1n) is 15.7. The van der Waals surface area contributed by atoms with Crippen LogP contribution in [0.5, 0.6) is 11.5 Å². The second-order valence-corrected chi connectivity index (χ2v) is 20.3. The van der Waals surface area contributed by atoms with Crippen LogP contribution in [0.3, 0.4) is 0 Å². The predicted molar refractivity (Wildman–Crippen MR) is 197 cm³/mol. The summed E-state index contributed by atoms with van der Waals surface area (Å²) in [7, 11) is -2.34. The molecule has 0 spiro atoms. The van der Waals surface area contributed by atoms with Gasteiger partial charge in [-0.2, -0.15) is 0 Å². The van der Waals surface area contributed by atoms with Crippen LogP contribution in [0.4, 0.5) is 3.47 Å². The standard InChI is InChI=1S/C40H38AsFO5S2/c1-44-35-27-23-33(24-28-35)31-48(37-15-7-3-8-16-37,38-17-9-4-10-18-38)46-41(42,43)47-49(39-19-11-5-12-20-39,40-21-13-6-14-22-40)32-34-25-29-36(45-2)30-26-34/h3-30H,31-32H2,1-2H3. The second-order valence-electron chi connectivity index (χ2n) is 11.2. The van der Waals surface area contributed by atoms with Gasteiger partial charge < -0.3 is 0 Å². The third kappa shape index (κ3) is 8.01. The second kappa shape index (κ2) is 15.6. The van der Waals surface area contributed by atoms with Crippen molar-refractivity contribution in [2.45, 2.75) is 31.1 Å². The number of methoxy groups -OCH3 is 2. The van der Waals surface area contributed by atoms with Crippen LogP contribution >= 0.6 is 20.6 Å². The molecule has 6 aromatic carbocycles. The zero-order valence-corrected chi connectivity index (χ0v) is 30.8. The number of hydrogen-bond donors (Lipinski definition) is 0. The van der Waals surface area contributed by atoms with E-state index in [2.05, 4.69) is 0 Å². The van der Waals surface area contributed by atoms with Crippen molar-refractivity contribution in [1.82, 2.24) is 0 Å². The maximum atomic E-state index is 17.6. The molecule has 9 heteroatoms. The Labute approximate surface area is 294 Å². The van der Waals surface area contributed by atoms with Crippen LogP contribution in [0.2, 0.25) is 0 Å². The summed E-state index contributed by atoms with van der Waals surface area (Å²) in [5, 5.41) is 0. The SMILES string of the molecule is COc1ccc(CS(O[As](=O)(F)OS(Cc2ccc(OC)cc2)(c2ccccc2)c2ccccc2)(c2ccccc2)c2ccccc2)cc1. The molecule has 0 atom stereocenters. The first-order valence-corrected chi connectivity index (χ1v) is 22.1. The molecule has 0 unspecified atom stereocenters. The number of halogens is 1. The van der Waals surface area contributed by atoms with E-state index in [-0.39, 0.29) is 11.5 Å². The molecule has 0 saturated heterocycles. The molecule has 252 valence electrons. The van der Waals surface area contributed by atoms with E-state index >= 15 is 3.47 Å². The Kier molecular flexibility index (Phi) is 11.0. The average Bonchev–Trinajstić information content (AvgIpc) is 3.16. The van der Waals surface area contributed by atoms with Crippen LogP contribution in [0.25, 0.3) is 0 Å². The Balaban J connectivity index is 1.52. The van der Waals surface area contributed by atoms with Crippen molar-refractivity contribution in [3.63, 3.8) is 0 Å². The Morgan fingerprint density at radius 1 is 0.449 bits per heavy atom. The van der Waals surface area contributed by atoms with E-state index in [9.17, 15) is 3.74 Å². The van der Waals surface area contributed by atoms with Gasteiger partial charge in [-0.3, -0.25) is 0 Å². The van der Waals surface area contributed by atoms with Gasteiger partial charge in [-0.05, 0) is 0 Å². The third-order valence-corrected chi connectivity index (χ3v) is 19.9. The van der Waals surface area contributed by atoms with E-state index in [0.29, 0.717) is 11.5 Å².